The summed E-state index contributed by atoms with van der Waals surface area (Å²) in [5.74, 6) is -0.365. The molecular weight excluding hydrogens is 533 g/mol. The number of hydrogen-bond donors (Lipinski definition) is 2. The van der Waals surface area contributed by atoms with Crippen LogP contribution >= 0.6 is 50.7 Å². The number of carboxylic acid groups (broad SMARTS) is 1. The molecular formula is C19H15BrCl3N5O3. The maximum absolute atomic E-state index is 13.2. The first-order valence-electron chi connectivity index (χ1n) is 8.79. The lowest BCUT2D eigenvalue weighted by atomic mass is 10.2. The van der Waals surface area contributed by atoms with E-state index in [-0.39, 0.29) is 38.0 Å². The standard InChI is InChI=1S/C19H15BrCl3N5O3/c1-9(2)27(19(30)31)13-7-10(21)6-12(23)16(13)25-18(29)14-8-15(20)26-28(14)17-11(22)4-3-5-24-17/h3-9H,1-2H3,(H,25,29)(H,30,31). The Bertz CT molecular complexity index is 1170. The molecule has 31 heavy (non-hydrogen) atoms. The topological polar surface area (TPSA) is 100 Å². The van der Waals surface area contributed by atoms with Crippen LogP contribution in [0.2, 0.25) is 15.1 Å². The first-order chi connectivity index (χ1) is 14.6. The SMILES string of the molecule is CC(C)N(C(=O)O)c1cc(Cl)cc(Cl)c1NC(=O)c1cc(Br)nn1-c1ncccc1Cl. The molecule has 2 amide bonds. The molecule has 0 atom stereocenters. The summed E-state index contributed by atoms with van der Waals surface area (Å²) in [7, 11) is 0. The van der Waals surface area contributed by atoms with E-state index in [4.69, 9.17) is 34.8 Å². The lowest BCUT2D eigenvalue weighted by Crippen LogP contribution is -2.36. The fourth-order valence-electron chi connectivity index (χ4n) is 2.86. The Labute approximate surface area is 200 Å². The van der Waals surface area contributed by atoms with Crippen LogP contribution in [0, 0.1) is 0 Å². The monoisotopic (exact) mass is 545 g/mol. The molecule has 3 rings (SSSR count). The number of halogens is 4. The number of anilines is 2. The largest absolute Gasteiger partial charge is 0.465 e. The number of amides is 2. The van der Waals surface area contributed by atoms with Crippen LogP contribution in [0.5, 0.6) is 0 Å². The summed E-state index contributed by atoms with van der Waals surface area (Å²) in [6.45, 7) is 3.37. The molecule has 0 spiro atoms. The second kappa shape index (κ2) is 9.44. The summed E-state index contributed by atoms with van der Waals surface area (Å²) in [5, 5.41) is 17.1. The predicted molar refractivity (Wildman–Crippen MR) is 124 cm³/mol. The van der Waals surface area contributed by atoms with Crippen LogP contribution in [-0.4, -0.2) is 37.9 Å². The Morgan fingerprint density at radius 1 is 1.19 bits per heavy atom. The Kier molecular flexibility index (Phi) is 7.10. The maximum atomic E-state index is 13.2. The zero-order valence-electron chi connectivity index (χ0n) is 16.1. The van der Waals surface area contributed by atoms with Crippen LogP contribution in [0.3, 0.4) is 0 Å². The number of carbonyl (C=O) groups is 2. The van der Waals surface area contributed by atoms with Crippen molar-refractivity contribution in [1.29, 1.82) is 0 Å². The fourth-order valence-corrected chi connectivity index (χ4v) is 3.97. The van der Waals surface area contributed by atoms with Crippen molar-refractivity contribution in [3.8, 4) is 5.82 Å². The Morgan fingerprint density at radius 2 is 1.90 bits per heavy atom. The maximum Gasteiger partial charge on any atom is 0.412 e. The number of nitrogens with one attached hydrogen (secondary N) is 1. The van der Waals surface area contributed by atoms with Gasteiger partial charge in [-0.3, -0.25) is 9.69 Å². The van der Waals surface area contributed by atoms with Gasteiger partial charge >= 0.3 is 6.09 Å². The van der Waals surface area contributed by atoms with Crippen molar-refractivity contribution in [1.82, 2.24) is 14.8 Å². The van der Waals surface area contributed by atoms with Crippen molar-refractivity contribution in [3.63, 3.8) is 0 Å². The van der Waals surface area contributed by atoms with E-state index in [0.717, 1.165) is 4.90 Å². The van der Waals surface area contributed by atoms with Gasteiger partial charge in [0.25, 0.3) is 5.91 Å². The van der Waals surface area contributed by atoms with Gasteiger partial charge in [-0.05, 0) is 54.0 Å². The third-order valence-corrected chi connectivity index (χ3v) is 5.31. The van der Waals surface area contributed by atoms with Crippen LogP contribution in [0.4, 0.5) is 16.2 Å². The third-order valence-electron chi connectivity index (χ3n) is 4.11. The molecule has 162 valence electrons. The average molecular weight is 548 g/mol. The van der Waals surface area contributed by atoms with Gasteiger partial charge in [0.15, 0.2) is 5.82 Å². The highest BCUT2D eigenvalue weighted by molar-refractivity contribution is 9.10. The van der Waals surface area contributed by atoms with Crippen LogP contribution in [0.25, 0.3) is 5.82 Å². The number of pyridine rings is 1. The van der Waals surface area contributed by atoms with Gasteiger partial charge in [0.2, 0.25) is 0 Å². The molecule has 3 aromatic rings. The van der Waals surface area contributed by atoms with Crippen molar-refractivity contribution < 1.29 is 14.7 Å². The molecule has 1 aromatic carbocycles. The predicted octanol–water partition coefficient (Wildman–Crippen LogP) is 6.14. The lowest BCUT2D eigenvalue weighted by molar-refractivity contribution is 0.101. The average Bonchev–Trinajstić information content (AvgIpc) is 3.05. The van der Waals surface area contributed by atoms with Crippen molar-refractivity contribution in [3.05, 3.63) is 61.9 Å². The van der Waals surface area contributed by atoms with Gasteiger partial charge in [-0.2, -0.15) is 5.10 Å². The van der Waals surface area contributed by atoms with Gasteiger partial charge < -0.3 is 10.4 Å². The van der Waals surface area contributed by atoms with E-state index in [2.05, 4.69) is 31.3 Å². The summed E-state index contributed by atoms with van der Waals surface area (Å²) >= 11 is 21.9. The smallest absolute Gasteiger partial charge is 0.412 e. The van der Waals surface area contributed by atoms with E-state index in [1.54, 1.807) is 26.0 Å². The zero-order chi connectivity index (χ0) is 22.9. The Hall–Kier alpha value is -2.33. The van der Waals surface area contributed by atoms with E-state index in [0.29, 0.717) is 4.60 Å². The van der Waals surface area contributed by atoms with E-state index in [9.17, 15) is 14.7 Å². The number of hydrogen-bond acceptors (Lipinski definition) is 4. The second-order valence-electron chi connectivity index (χ2n) is 6.56. The van der Waals surface area contributed by atoms with Crippen LogP contribution in [0.15, 0.2) is 41.1 Å². The normalized spacial score (nSPS) is 10.9. The summed E-state index contributed by atoms with van der Waals surface area (Å²) < 4.78 is 1.64. The van der Waals surface area contributed by atoms with Crippen LogP contribution in [-0.2, 0) is 0 Å². The summed E-state index contributed by atoms with van der Waals surface area (Å²) in [5.41, 5.74) is 0.313. The Morgan fingerprint density at radius 3 is 2.52 bits per heavy atom. The minimum Gasteiger partial charge on any atom is -0.465 e. The minimum atomic E-state index is -1.23. The van der Waals surface area contributed by atoms with E-state index >= 15 is 0 Å². The van der Waals surface area contributed by atoms with Gasteiger partial charge in [-0.15, -0.1) is 0 Å². The second-order valence-corrected chi connectivity index (χ2v) is 8.62. The summed E-state index contributed by atoms with van der Waals surface area (Å²) in [4.78, 5) is 30.2. The molecule has 0 radical (unpaired) electrons. The molecule has 0 unspecified atom stereocenters. The van der Waals surface area contributed by atoms with E-state index in [1.165, 1.54) is 29.1 Å². The minimum absolute atomic E-state index is 0.0729. The first-order valence-corrected chi connectivity index (χ1v) is 10.7. The zero-order valence-corrected chi connectivity index (χ0v) is 20.0. The Balaban J connectivity index is 2.08. The van der Waals surface area contributed by atoms with Crippen molar-refractivity contribution in [2.24, 2.45) is 0 Å². The highest BCUT2D eigenvalue weighted by Gasteiger charge is 2.26. The summed E-state index contributed by atoms with van der Waals surface area (Å²) in [6.07, 6.45) is 0.289. The van der Waals surface area contributed by atoms with E-state index < -0.39 is 18.0 Å². The van der Waals surface area contributed by atoms with Gasteiger partial charge in [0, 0.05) is 23.3 Å². The van der Waals surface area contributed by atoms with Gasteiger partial charge in [-0.1, -0.05) is 34.8 Å². The van der Waals surface area contributed by atoms with Gasteiger partial charge in [-0.25, -0.2) is 14.5 Å². The molecule has 0 fully saturated rings. The highest BCUT2D eigenvalue weighted by Crippen LogP contribution is 2.38. The van der Waals surface area contributed by atoms with Crippen molar-refractivity contribution >= 4 is 74.1 Å². The molecule has 2 N–H and O–H groups in total. The van der Waals surface area contributed by atoms with Gasteiger partial charge in [0.05, 0.1) is 21.4 Å². The van der Waals surface area contributed by atoms with Crippen LogP contribution in [0.1, 0.15) is 24.3 Å². The molecule has 0 saturated heterocycles. The molecule has 2 aromatic heterocycles. The number of carbonyl (C=O) groups excluding carboxylic acids is 1. The molecule has 0 bridgehead atoms. The first kappa shape index (κ1) is 23.3. The van der Waals surface area contributed by atoms with Crippen LogP contribution < -0.4 is 10.2 Å². The molecule has 12 heteroatoms. The fraction of sp³-hybridized carbons (Fsp3) is 0.158. The molecule has 0 saturated carbocycles. The number of benzene rings is 1. The molecule has 0 aliphatic heterocycles. The summed E-state index contributed by atoms with van der Waals surface area (Å²) in [6, 6.07) is 7.11. The number of aromatic nitrogens is 3. The lowest BCUT2D eigenvalue weighted by Gasteiger charge is -2.26. The quantitative estimate of drug-likeness (QED) is 0.400. The van der Waals surface area contributed by atoms with Crippen molar-refractivity contribution in [2.45, 2.75) is 19.9 Å². The molecule has 2 heterocycles. The van der Waals surface area contributed by atoms with Crippen molar-refractivity contribution in [2.75, 3.05) is 10.2 Å². The molecule has 0 aliphatic carbocycles. The van der Waals surface area contributed by atoms with Gasteiger partial charge in [0.1, 0.15) is 10.3 Å². The highest BCUT2D eigenvalue weighted by atomic mass is 79.9. The number of nitrogens with zero attached hydrogens (tertiary/aromatic N) is 4. The number of rotatable bonds is 5. The molecule has 0 aliphatic rings. The molecule has 8 nitrogen and oxygen atoms in total. The third kappa shape index (κ3) is 4.95. The van der Waals surface area contributed by atoms with E-state index in [1.807, 2.05) is 0 Å².